The van der Waals surface area contributed by atoms with E-state index in [0.717, 1.165) is 0 Å². The first-order chi connectivity index (χ1) is 7.52. The van der Waals surface area contributed by atoms with Crippen molar-refractivity contribution < 1.29 is 19.4 Å². The largest absolute Gasteiger partial charge is 0.478 e. The molecule has 1 rings (SSSR count). The van der Waals surface area contributed by atoms with Gasteiger partial charge in [-0.15, -0.1) is 12.6 Å². The van der Waals surface area contributed by atoms with Crippen LogP contribution in [0.1, 0.15) is 13.8 Å². The summed E-state index contributed by atoms with van der Waals surface area (Å²) in [5.41, 5.74) is 0.799. The van der Waals surface area contributed by atoms with Crippen LogP contribution in [0, 0.1) is 0 Å². The van der Waals surface area contributed by atoms with Crippen LogP contribution in [0.15, 0.2) is 27.7 Å². The van der Waals surface area contributed by atoms with E-state index in [9.17, 15) is 9.59 Å². The highest BCUT2D eigenvalue weighted by atomic mass is 32.1. The first kappa shape index (κ1) is 12.8. The molecule has 1 aliphatic rings. The fraction of sp³-hybridized carbons (Fsp3) is 0.364. The fourth-order valence-electron chi connectivity index (χ4n) is 1.50. The molecule has 0 aromatic rings. The van der Waals surface area contributed by atoms with Crippen molar-refractivity contribution in [3.63, 3.8) is 0 Å². The predicted molar refractivity (Wildman–Crippen MR) is 62.0 cm³/mol. The average Bonchev–Trinajstić information content (AvgIpc) is 2.25. The average molecular weight is 240 g/mol. The van der Waals surface area contributed by atoms with Crippen molar-refractivity contribution in [3.05, 3.63) is 27.7 Å². The van der Waals surface area contributed by atoms with Gasteiger partial charge in [-0.05, 0) is 25.5 Å². The summed E-state index contributed by atoms with van der Waals surface area (Å²) < 4.78 is 5.35. The zero-order chi connectivity index (χ0) is 12.3. The fourth-order valence-corrected chi connectivity index (χ4v) is 1.77. The van der Waals surface area contributed by atoms with E-state index in [1.54, 1.807) is 19.8 Å². The second-order valence-corrected chi connectivity index (χ2v) is 3.73. The Balaban J connectivity index is 3.25. The molecule has 0 radical (unpaired) electrons. The van der Waals surface area contributed by atoms with E-state index < -0.39 is 12.1 Å². The maximum atomic E-state index is 10.9. The summed E-state index contributed by atoms with van der Waals surface area (Å²) in [6, 6.07) is 0. The molecule has 0 saturated heterocycles. The summed E-state index contributed by atoms with van der Waals surface area (Å²) in [6.45, 7) is 3.91. The van der Waals surface area contributed by atoms with Gasteiger partial charge in [-0.1, -0.05) is 0 Å². The maximum absolute atomic E-state index is 10.9. The van der Waals surface area contributed by atoms with Crippen LogP contribution in [0.3, 0.4) is 0 Å². The summed E-state index contributed by atoms with van der Waals surface area (Å²) >= 11 is 4.13. The van der Waals surface area contributed by atoms with Crippen molar-refractivity contribution in [1.29, 1.82) is 0 Å². The van der Waals surface area contributed by atoms with Gasteiger partial charge < -0.3 is 9.84 Å². The number of rotatable bonds is 3. The van der Waals surface area contributed by atoms with Gasteiger partial charge in [0.15, 0.2) is 0 Å². The van der Waals surface area contributed by atoms with Gasteiger partial charge in [0, 0.05) is 11.5 Å². The SMILES string of the molecule is CCOC1C(=C=O)C=C(C(=O)O)C(S)=C1C. The molecule has 1 atom stereocenters. The lowest BCUT2D eigenvalue weighted by Gasteiger charge is -2.23. The van der Waals surface area contributed by atoms with Gasteiger partial charge in [0.1, 0.15) is 12.0 Å². The van der Waals surface area contributed by atoms with Gasteiger partial charge in [0.25, 0.3) is 0 Å². The third kappa shape index (κ3) is 2.27. The first-order valence-corrected chi connectivity index (χ1v) is 5.19. The molecular weight excluding hydrogens is 228 g/mol. The molecular formula is C11H12O4S. The molecule has 86 valence electrons. The summed E-state index contributed by atoms with van der Waals surface area (Å²) in [5.74, 6) is 0.590. The molecule has 4 nitrogen and oxygen atoms in total. The topological polar surface area (TPSA) is 63.6 Å². The molecule has 0 amide bonds. The van der Waals surface area contributed by atoms with Crippen LogP contribution in [-0.2, 0) is 14.3 Å². The molecule has 0 fully saturated rings. The second-order valence-electron chi connectivity index (χ2n) is 3.29. The molecule has 0 aromatic carbocycles. The summed E-state index contributed by atoms with van der Waals surface area (Å²) in [5, 5.41) is 8.92. The smallest absolute Gasteiger partial charge is 0.336 e. The molecule has 0 aromatic heterocycles. The van der Waals surface area contributed by atoms with Crippen molar-refractivity contribution in [2.24, 2.45) is 0 Å². The lowest BCUT2D eigenvalue weighted by Crippen LogP contribution is -2.23. The molecule has 0 saturated carbocycles. The quantitative estimate of drug-likeness (QED) is 0.578. The maximum Gasteiger partial charge on any atom is 0.336 e. The Labute approximate surface area is 98.7 Å². The van der Waals surface area contributed by atoms with Crippen molar-refractivity contribution in [1.82, 2.24) is 0 Å². The number of ether oxygens (including phenoxy) is 1. The Hall–Kier alpha value is -1.29. The zero-order valence-electron chi connectivity index (χ0n) is 8.98. The van der Waals surface area contributed by atoms with E-state index in [1.165, 1.54) is 6.08 Å². The minimum absolute atomic E-state index is 0.00450. The van der Waals surface area contributed by atoms with Crippen molar-refractivity contribution in [2.75, 3.05) is 6.61 Å². The lowest BCUT2D eigenvalue weighted by molar-refractivity contribution is -0.132. The van der Waals surface area contributed by atoms with Crippen LogP contribution in [0.4, 0.5) is 0 Å². The first-order valence-electron chi connectivity index (χ1n) is 4.74. The van der Waals surface area contributed by atoms with Crippen molar-refractivity contribution in [3.8, 4) is 0 Å². The summed E-state index contributed by atoms with van der Waals surface area (Å²) in [6.07, 6.45) is 0.712. The Bertz CT molecular complexity index is 427. The van der Waals surface area contributed by atoms with E-state index in [-0.39, 0.29) is 11.1 Å². The van der Waals surface area contributed by atoms with E-state index in [4.69, 9.17) is 9.84 Å². The minimum atomic E-state index is -1.12. The van der Waals surface area contributed by atoms with Crippen molar-refractivity contribution in [2.45, 2.75) is 20.0 Å². The normalized spacial score (nSPS) is 20.6. The lowest BCUT2D eigenvalue weighted by atomic mass is 9.93. The van der Waals surface area contributed by atoms with Gasteiger partial charge >= 0.3 is 5.97 Å². The number of carboxylic acid groups (broad SMARTS) is 1. The second kappa shape index (κ2) is 5.16. The van der Waals surface area contributed by atoms with Gasteiger partial charge in [-0.25, -0.2) is 9.59 Å². The molecule has 0 heterocycles. The van der Waals surface area contributed by atoms with Crippen LogP contribution in [0.25, 0.3) is 0 Å². The Kier molecular flexibility index (Phi) is 4.12. The molecule has 1 N–H and O–H groups in total. The number of hydrogen-bond donors (Lipinski definition) is 2. The Morgan fingerprint density at radius 1 is 1.69 bits per heavy atom. The molecule has 1 aliphatic carbocycles. The number of carbonyl (C=O) groups is 1. The Morgan fingerprint density at radius 2 is 2.31 bits per heavy atom. The summed E-state index contributed by atoms with van der Waals surface area (Å²) in [7, 11) is 0. The highest BCUT2D eigenvalue weighted by molar-refractivity contribution is 7.85. The van der Waals surface area contributed by atoms with Crippen LogP contribution < -0.4 is 0 Å². The monoisotopic (exact) mass is 240 g/mol. The molecule has 5 heteroatoms. The number of carboxylic acids is 1. The molecule has 16 heavy (non-hydrogen) atoms. The molecule has 0 spiro atoms. The Morgan fingerprint density at radius 3 is 2.75 bits per heavy atom. The van der Waals surface area contributed by atoms with Crippen LogP contribution in [-0.4, -0.2) is 29.7 Å². The van der Waals surface area contributed by atoms with Crippen LogP contribution in [0.5, 0.6) is 0 Å². The van der Waals surface area contributed by atoms with Crippen LogP contribution in [0.2, 0.25) is 0 Å². The van der Waals surface area contributed by atoms with Gasteiger partial charge in [-0.3, -0.25) is 0 Å². The molecule has 0 aliphatic heterocycles. The highest BCUT2D eigenvalue weighted by Gasteiger charge is 2.27. The number of hydrogen-bond acceptors (Lipinski definition) is 4. The van der Waals surface area contributed by atoms with E-state index >= 15 is 0 Å². The number of thiol groups is 1. The third-order valence-electron chi connectivity index (χ3n) is 2.29. The minimum Gasteiger partial charge on any atom is -0.478 e. The van der Waals surface area contributed by atoms with E-state index in [2.05, 4.69) is 12.6 Å². The molecule has 1 unspecified atom stereocenters. The van der Waals surface area contributed by atoms with E-state index in [1.807, 2.05) is 0 Å². The standard InChI is InChI=1S/C11H12O4S/c1-3-15-9-6(2)10(16)8(11(13)14)4-7(9)5-12/h4,9,16H,3H2,1-2H3,(H,13,14). The van der Waals surface area contributed by atoms with Gasteiger partial charge in [0.2, 0.25) is 0 Å². The summed E-state index contributed by atoms with van der Waals surface area (Å²) in [4.78, 5) is 22.0. The van der Waals surface area contributed by atoms with Crippen molar-refractivity contribution >= 4 is 24.5 Å². The predicted octanol–water partition coefficient (Wildman–Crippen LogP) is 1.38. The van der Waals surface area contributed by atoms with Crippen LogP contribution >= 0.6 is 12.6 Å². The zero-order valence-corrected chi connectivity index (χ0v) is 9.88. The molecule has 0 bridgehead atoms. The number of carbonyl (C=O) groups excluding carboxylic acids is 1. The van der Waals surface area contributed by atoms with Gasteiger partial charge in [0.05, 0.1) is 11.1 Å². The van der Waals surface area contributed by atoms with E-state index in [0.29, 0.717) is 17.1 Å². The number of aliphatic carboxylic acids is 1. The third-order valence-corrected chi connectivity index (χ3v) is 2.88. The van der Waals surface area contributed by atoms with Gasteiger partial charge in [-0.2, -0.15) is 0 Å². The highest BCUT2D eigenvalue weighted by Crippen LogP contribution is 2.31.